The van der Waals surface area contributed by atoms with Crippen LogP contribution in [0.5, 0.6) is 0 Å². The van der Waals surface area contributed by atoms with Crippen LogP contribution in [-0.4, -0.2) is 11.8 Å². The summed E-state index contributed by atoms with van der Waals surface area (Å²) in [6.07, 6.45) is 3.45. The van der Waals surface area contributed by atoms with Crippen LogP contribution < -0.4 is 4.90 Å². The van der Waals surface area contributed by atoms with E-state index in [1.165, 1.54) is 12.1 Å². The van der Waals surface area contributed by atoms with Crippen LogP contribution >= 0.6 is 11.6 Å². The van der Waals surface area contributed by atoms with Crippen LogP contribution in [-0.2, 0) is 9.59 Å². The molecule has 2 unspecified atom stereocenters. The fourth-order valence-electron chi connectivity index (χ4n) is 3.04. The zero-order chi connectivity index (χ0) is 13.6. The fraction of sp³-hybridized carbons (Fsp3) is 0.429. The van der Waals surface area contributed by atoms with Gasteiger partial charge in [0.1, 0.15) is 5.82 Å². The van der Waals surface area contributed by atoms with E-state index >= 15 is 0 Å². The summed E-state index contributed by atoms with van der Waals surface area (Å²) in [7, 11) is 0. The van der Waals surface area contributed by atoms with Gasteiger partial charge in [0.2, 0.25) is 11.8 Å². The van der Waals surface area contributed by atoms with Crippen molar-refractivity contribution in [2.45, 2.75) is 25.7 Å². The molecule has 1 heterocycles. The van der Waals surface area contributed by atoms with Crippen LogP contribution in [0.3, 0.4) is 0 Å². The minimum absolute atomic E-state index is 0.0136. The summed E-state index contributed by atoms with van der Waals surface area (Å²) in [6.45, 7) is 0. The van der Waals surface area contributed by atoms with Crippen molar-refractivity contribution in [3.05, 3.63) is 29.0 Å². The van der Waals surface area contributed by atoms with E-state index in [9.17, 15) is 14.0 Å². The average Bonchev–Trinajstić information content (AvgIpc) is 2.66. The Morgan fingerprint density at radius 1 is 1.11 bits per heavy atom. The molecule has 1 saturated heterocycles. The molecule has 0 radical (unpaired) electrons. The van der Waals surface area contributed by atoms with Gasteiger partial charge >= 0.3 is 0 Å². The molecular weight excluding hydrogens is 269 g/mol. The van der Waals surface area contributed by atoms with Crippen molar-refractivity contribution >= 4 is 29.1 Å². The molecule has 3 nitrogen and oxygen atoms in total. The molecule has 0 bridgehead atoms. The van der Waals surface area contributed by atoms with Crippen molar-refractivity contribution in [2.24, 2.45) is 11.8 Å². The monoisotopic (exact) mass is 281 g/mol. The summed E-state index contributed by atoms with van der Waals surface area (Å²) in [5, 5.41) is -0.0136. The summed E-state index contributed by atoms with van der Waals surface area (Å²) < 4.78 is 13.5. The standard InChI is InChI=1S/C14H13ClFNO2/c15-11-6-5-8(7-12(11)16)17-13(18)9-3-1-2-4-10(9)14(17)19/h5-7,9-10H,1-4H2. The second kappa shape index (κ2) is 4.60. The van der Waals surface area contributed by atoms with Crippen molar-refractivity contribution in [1.29, 1.82) is 0 Å². The molecule has 1 aliphatic heterocycles. The van der Waals surface area contributed by atoms with Crippen LogP contribution in [0.1, 0.15) is 25.7 Å². The lowest BCUT2D eigenvalue weighted by atomic mass is 9.81. The lowest BCUT2D eigenvalue weighted by Crippen LogP contribution is -2.30. The summed E-state index contributed by atoms with van der Waals surface area (Å²) in [4.78, 5) is 25.7. The number of imide groups is 1. The van der Waals surface area contributed by atoms with Crippen molar-refractivity contribution < 1.29 is 14.0 Å². The Hall–Kier alpha value is -1.42. The van der Waals surface area contributed by atoms with Gasteiger partial charge in [0.25, 0.3) is 0 Å². The molecule has 2 atom stereocenters. The van der Waals surface area contributed by atoms with E-state index in [0.717, 1.165) is 36.6 Å². The number of nitrogens with zero attached hydrogens (tertiary/aromatic N) is 1. The number of anilines is 1. The van der Waals surface area contributed by atoms with Crippen molar-refractivity contribution in [2.75, 3.05) is 4.90 Å². The maximum atomic E-state index is 13.5. The summed E-state index contributed by atoms with van der Waals surface area (Å²) >= 11 is 5.62. The van der Waals surface area contributed by atoms with Crippen molar-refractivity contribution in [3.63, 3.8) is 0 Å². The highest BCUT2D eigenvalue weighted by Crippen LogP contribution is 2.40. The Morgan fingerprint density at radius 3 is 2.21 bits per heavy atom. The smallest absolute Gasteiger partial charge is 0.237 e. The third-order valence-corrected chi connectivity index (χ3v) is 4.31. The molecule has 1 aromatic carbocycles. The van der Waals surface area contributed by atoms with E-state index in [1.807, 2.05) is 0 Å². The second-order valence-corrected chi connectivity index (χ2v) is 5.51. The number of benzene rings is 1. The van der Waals surface area contributed by atoms with E-state index in [0.29, 0.717) is 0 Å². The molecule has 0 aromatic heterocycles. The largest absolute Gasteiger partial charge is 0.274 e. The molecular formula is C14H13ClFNO2. The number of amides is 2. The molecule has 2 amide bonds. The van der Waals surface area contributed by atoms with Gasteiger partial charge in [-0.15, -0.1) is 0 Å². The SMILES string of the molecule is O=C1C2CCCCC2C(=O)N1c1ccc(Cl)c(F)c1. The second-order valence-electron chi connectivity index (χ2n) is 5.11. The van der Waals surface area contributed by atoms with Crippen LogP contribution in [0, 0.1) is 17.7 Å². The van der Waals surface area contributed by atoms with E-state index in [-0.39, 0.29) is 34.4 Å². The van der Waals surface area contributed by atoms with Crippen LogP contribution in [0.2, 0.25) is 5.02 Å². The maximum Gasteiger partial charge on any atom is 0.237 e. The first-order chi connectivity index (χ1) is 9.09. The first-order valence-corrected chi connectivity index (χ1v) is 6.80. The first-order valence-electron chi connectivity index (χ1n) is 6.42. The van der Waals surface area contributed by atoms with Crippen LogP contribution in [0.4, 0.5) is 10.1 Å². The van der Waals surface area contributed by atoms with Gasteiger partial charge in [-0.1, -0.05) is 24.4 Å². The highest BCUT2D eigenvalue weighted by atomic mass is 35.5. The van der Waals surface area contributed by atoms with Gasteiger partial charge in [0.15, 0.2) is 0 Å². The number of hydrogen-bond acceptors (Lipinski definition) is 2. The molecule has 5 heteroatoms. The van der Waals surface area contributed by atoms with E-state index in [4.69, 9.17) is 11.6 Å². The number of hydrogen-bond donors (Lipinski definition) is 0. The molecule has 1 aliphatic carbocycles. The maximum absolute atomic E-state index is 13.5. The van der Waals surface area contributed by atoms with Crippen molar-refractivity contribution in [3.8, 4) is 0 Å². The van der Waals surface area contributed by atoms with Crippen molar-refractivity contribution in [1.82, 2.24) is 0 Å². The zero-order valence-corrected chi connectivity index (χ0v) is 11.0. The number of carbonyl (C=O) groups excluding carboxylic acids is 2. The van der Waals surface area contributed by atoms with Gasteiger partial charge in [0, 0.05) is 0 Å². The molecule has 0 spiro atoms. The first kappa shape index (κ1) is 12.6. The van der Waals surface area contributed by atoms with Crippen LogP contribution in [0.25, 0.3) is 0 Å². The minimum Gasteiger partial charge on any atom is -0.274 e. The molecule has 1 saturated carbocycles. The lowest BCUT2D eigenvalue weighted by Gasteiger charge is -2.19. The Labute approximate surface area is 115 Å². The normalized spacial score (nSPS) is 26.7. The van der Waals surface area contributed by atoms with Gasteiger partial charge < -0.3 is 0 Å². The fourth-order valence-corrected chi connectivity index (χ4v) is 3.16. The van der Waals surface area contributed by atoms with Gasteiger partial charge in [-0.25, -0.2) is 9.29 Å². The number of rotatable bonds is 1. The third kappa shape index (κ3) is 1.94. The van der Waals surface area contributed by atoms with E-state index in [2.05, 4.69) is 0 Å². The van der Waals surface area contributed by atoms with Gasteiger partial charge in [-0.2, -0.15) is 0 Å². The predicted molar refractivity (Wildman–Crippen MR) is 69.4 cm³/mol. The van der Waals surface area contributed by atoms with Gasteiger partial charge in [0.05, 0.1) is 22.5 Å². The van der Waals surface area contributed by atoms with Gasteiger partial charge in [-0.3, -0.25) is 9.59 Å². The Kier molecular flexibility index (Phi) is 3.05. The molecule has 100 valence electrons. The third-order valence-electron chi connectivity index (χ3n) is 4.00. The molecule has 19 heavy (non-hydrogen) atoms. The molecule has 2 aliphatic rings. The summed E-state index contributed by atoms with van der Waals surface area (Å²) in [6, 6.07) is 4.03. The molecule has 1 aromatic rings. The Morgan fingerprint density at radius 2 is 1.68 bits per heavy atom. The van der Waals surface area contributed by atoms with E-state index in [1.54, 1.807) is 0 Å². The topological polar surface area (TPSA) is 37.4 Å². The molecule has 3 rings (SSSR count). The molecule has 0 N–H and O–H groups in total. The number of fused-ring (bicyclic) bond motifs is 1. The van der Waals surface area contributed by atoms with Gasteiger partial charge in [-0.05, 0) is 31.0 Å². The lowest BCUT2D eigenvalue weighted by molar-refractivity contribution is -0.122. The highest BCUT2D eigenvalue weighted by Gasteiger charge is 2.48. The summed E-state index contributed by atoms with van der Waals surface area (Å²) in [5.41, 5.74) is 0.284. The zero-order valence-electron chi connectivity index (χ0n) is 10.2. The summed E-state index contributed by atoms with van der Waals surface area (Å²) in [5.74, 6) is -1.46. The Bertz CT molecular complexity index is 536. The van der Waals surface area contributed by atoms with Crippen LogP contribution in [0.15, 0.2) is 18.2 Å². The average molecular weight is 282 g/mol. The number of carbonyl (C=O) groups is 2. The Balaban J connectivity index is 1.98. The highest BCUT2D eigenvalue weighted by molar-refractivity contribution is 6.31. The molecule has 2 fully saturated rings. The quantitative estimate of drug-likeness (QED) is 0.742. The number of halogens is 2. The predicted octanol–water partition coefficient (Wildman–Crippen LogP) is 3.16. The minimum atomic E-state index is -0.616. The van der Waals surface area contributed by atoms with E-state index < -0.39 is 5.82 Å².